The third-order valence-corrected chi connectivity index (χ3v) is 4.50. The molecule has 0 aromatic rings. The summed E-state index contributed by atoms with van der Waals surface area (Å²) in [6.45, 7) is 8.44. The van der Waals surface area contributed by atoms with E-state index in [4.69, 9.17) is 19.3 Å². The Morgan fingerprint density at radius 2 is 1.77 bits per heavy atom. The second-order valence-electron chi connectivity index (χ2n) is 6.14. The van der Waals surface area contributed by atoms with E-state index < -0.39 is 5.97 Å². The van der Waals surface area contributed by atoms with Gasteiger partial charge in [0.25, 0.3) is 0 Å². The standard InChI is InChI=1S/C16H28O6/c1-10-11(2)14(9-21-13(4)17)22-16(12(10)3)20-8-6-5-7-15(18)19/h10-12,14,16H,5-9H2,1-4H3,(H,18,19)/t10-,11+,12-,14?,16?/m0/s1. The molecule has 6 nitrogen and oxygen atoms in total. The van der Waals surface area contributed by atoms with Crippen molar-refractivity contribution in [3.8, 4) is 0 Å². The monoisotopic (exact) mass is 316 g/mol. The Hall–Kier alpha value is -1.14. The highest BCUT2D eigenvalue weighted by Gasteiger charge is 2.39. The lowest BCUT2D eigenvalue weighted by Crippen LogP contribution is -2.47. The number of hydrogen-bond donors (Lipinski definition) is 1. The Morgan fingerprint density at radius 3 is 2.36 bits per heavy atom. The maximum Gasteiger partial charge on any atom is 0.303 e. The molecule has 0 aromatic carbocycles. The van der Waals surface area contributed by atoms with Gasteiger partial charge >= 0.3 is 11.9 Å². The van der Waals surface area contributed by atoms with Crippen molar-refractivity contribution in [3.63, 3.8) is 0 Å². The fourth-order valence-corrected chi connectivity index (χ4v) is 2.64. The van der Waals surface area contributed by atoms with Crippen LogP contribution in [0, 0.1) is 17.8 Å². The molecule has 1 aliphatic rings. The molecule has 0 aliphatic carbocycles. The van der Waals surface area contributed by atoms with Crippen LogP contribution in [0.25, 0.3) is 0 Å². The van der Waals surface area contributed by atoms with Crippen LogP contribution in [0.3, 0.4) is 0 Å². The lowest BCUT2D eigenvalue weighted by Gasteiger charge is -2.43. The highest BCUT2D eigenvalue weighted by Crippen LogP contribution is 2.35. The summed E-state index contributed by atoms with van der Waals surface area (Å²) >= 11 is 0. The van der Waals surface area contributed by atoms with Crippen molar-refractivity contribution in [1.82, 2.24) is 0 Å². The van der Waals surface area contributed by atoms with Crippen molar-refractivity contribution in [3.05, 3.63) is 0 Å². The molecular weight excluding hydrogens is 288 g/mol. The Labute approximate surface area is 132 Å². The van der Waals surface area contributed by atoms with Crippen LogP contribution in [0.4, 0.5) is 0 Å². The zero-order chi connectivity index (χ0) is 16.7. The lowest BCUT2D eigenvalue weighted by molar-refractivity contribution is -0.255. The minimum absolute atomic E-state index is 0.160. The molecule has 5 atom stereocenters. The number of rotatable bonds is 8. The van der Waals surface area contributed by atoms with Gasteiger partial charge in [0.15, 0.2) is 6.29 Å². The molecular formula is C16H28O6. The molecule has 0 aromatic heterocycles. The van der Waals surface area contributed by atoms with Crippen LogP contribution in [0.5, 0.6) is 0 Å². The van der Waals surface area contributed by atoms with Crippen molar-refractivity contribution in [2.45, 2.75) is 59.4 Å². The topological polar surface area (TPSA) is 82.1 Å². The molecule has 1 N–H and O–H groups in total. The summed E-state index contributed by atoms with van der Waals surface area (Å²) in [5, 5.41) is 8.60. The first-order valence-corrected chi connectivity index (χ1v) is 7.95. The Morgan fingerprint density at radius 1 is 1.09 bits per heavy atom. The first-order valence-electron chi connectivity index (χ1n) is 7.95. The van der Waals surface area contributed by atoms with Crippen molar-refractivity contribution in [2.75, 3.05) is 13.2 Å². The average Bonchev–Trinajstić information content (AvgIpc) is 2.45. The first kappa shape index (κ1) is 18.9. The molecule has 1 rings (SSSR count). The van der Waals surface area contributed by atoms with E-state index in [-0.39, 0.29) is 43.2 Å². The van der Waals surface area contributed by atoms with Gasteiger partial charge in [-0.2, -0.15) is 0 Å². The van der Waals surface area contributed by atoms with E-state index in [0.717, 1.165) is 0 Å². The van der Waals surface area contributed by atoms with Gasteiger partial charge in [0.05, 0.1) is 6.10 Å². The molecule has 0 radical (unpaired) electrons. The molecule has 128 valence electrons. The number of carbonyl (C=O) groups excluding carboxylic acids is 1. The van der Waals surface area contributed by atoms with Crippen molar-refractivity contribution in [1.29, 1.82) is 0 Å². The van der Waals surface area contributed by atoms with Crippen LogP contribution in [0.15, 0.2) is 0 Å². The third kappa shape index (κ3) is 5.93. The van der Waals surface area contributed by atoms with Gasteiger partial charge in [-0.15, -0.1) is 0 Å². The molecule has 0 bridgehead atoms. The molecule has 1 aliphatic heterocycles. The zero-order valence-electron chi connectivity index (χ0n) is 13.9. The molecule has 1 heterocycles. The number of ether oxygens (including phenoxy) is 3. The fourth-order valence-electron chi connectivity index (χ4n) is 2.64. The second-order valence-corrected chi connectivity index (χ2v) is 6.14. The highest BCUT2D eigenvalue weighted by atomic mass is 16.7. The van der Waals surface area contributed by atoms with Crippen LogP contribution in [0.2, 0.25) is 0 Å². The Bertz CT molecular complexity index is 370. The number of aliphatic carboxylic acids is 1. The first-order chi connectivity index (χ1) is 10.3. The quantitative estimate of drug-likeness (QED) is 0.547. The maximum atomic E-state index is 11.0. The van der Waals surface area contributed by atoms with Crippen LogP contribution >= 0.6 is 0 Å². The predicted molar refractivity (Wildman–Crippen MR) is 80.2 cm³/mol. The minimum atomic E-state index is -0.786. The molecule has 2 unspecified atom stereocenters. The van der Waals surface area contributed by atoms with Crippen LogP contribution < -0.4 is 0 Å². The van der Waals surface area contributed by atoms with Gasteiger partial charge in [-0.3, -0.25) is 9.59 Å². The predicted octanol–water partition coefficient (Wildman–Crippen LogP) is 2.45. The summed E-state index contributed by atoms with van der Waals surface area (Å²) in [6, 6.07) is 0. The molecule has 1 fully saturated rings. The molecule has 0 spiro atoms. The number of unbranched alkanes of at least 4 members (excludes halogenated alkanes) is 1. The van der Waals surface area contributed by atoms with Crippen LogP contribution in [0.1, 0.15) is 47.0 Å². The summed E-state index contributed by atoms with van der Waals surface area (Å²) in [5.41, 5.74) is 0. The van der Waals surface area contributed by atoms with Gasteiger partial charge in [-0.1, -0.05) is 20.8 Å². The molecule has 22 heavy (non-hydrogen) atoms. The van der Waals surface area contributed by atoms with Gasteiger partial charge in [-0.05, 0) is 24.7 Å². The van der Waals surface area contributed by atoms with Gasteiger partial charge in [0, 0.05) is 25.9 Å². The summed E-state index contributed by atoms with van der Waals surface area (Å²) in [6.07, 6.45) is 0.944. The van der Waals surface area contributed by atoms with E-state index in [1.165, 1.54) is 6.92 Å². The van der Waals surface area contributed by atoms with Gasteiger partial charge in [0.2, 0.25) is 0 Å². The van der Waals surface area contributed by atoms with E-state index in [9.17, 15) is 9.59 Å². The summed E-state index contributed by atoms with van der Waals surface area (Å²) in [5.74, 6) is -0.193. The SMILES string of the molecule is CC(=O)OCC1OC(OCCCCC(=O)O)[C@@H](C)[C@@H](C)[C@H]1C. The van der Waals surface area contributed by atoms with E-state index in [0.29, 0.717) is 25.4 Å². The van der Waals surface area contributed by atoms with E-state index in [2.05, 4.69) is 20.8 Å². The Balaban J connectivity index is 2.43. The zero-order valence-corrected chi connectivity index (χ0v) is 13.9. The third-order valence-electron chi connectivity index (χ3n) is 4.50. The van der Waals surface area contributed by atoms with Crippen LogP contribution in [-0.2, 0) is 23.8 Å². The summed E-state index contributed by atoms with van der Waals surface area (Å²) < 4.78 is 16.8. The van der Waals surface area contributed by atoms with Crippen LogP contribution in [-0.4, -0.2) is 42.7 Å². The molecule has 1 saturated heterocycles. The van der Waals surface area contributed by atoms with Crippen molar-refractivity contribution >= 4 is 11.9 Å². The van der Waals surface area contributed by atoms with E-state index in [1.54, 1.807) is 0 Å². The minimum Gasteiger partial charge on any atom is -0.481 e. The van der Waals surface area contributed by atoms with E-state index in [1.807, 2.05) is 0 Å². The van der Waals surface area contributed by atoms with E-state index >= 15 is 0 Å². The van der Waals surface area contributed by atoms with Gasteiger partial charge in [-0.25, -0.2) is 0 Å². The molecule has 0 saturated carbocycles. The largest absolute Gasteiger partial charge is 0.481 e. The lowest BCUT2D eigenvalue weighted by atomic mass is 9.79. The second kappa shape index (κ2) is 9.10. The maximum absolute atomic E-state index is 11.0. The fraction of sp³-hybridized carbons (Fsp3) is 0.875. The molecule has 0 amide bonds. The number of carboxylic acid groups (broad SMARTS) is 1. The number of carbonyl (C=O) groups is 2. The van der Waals surface area contributed by atoms with Gasteiger partial charge < -0.3 is 19.3 Å². The van der Waals surface area contributed by atoms with Crippen molar-refractivity contribution < 1.29 is 28.9 Å². The normalized spacial score (nSPS) is 31.7. The summed E-state index contributed by atoms with van der Waals surface area (Å²) in [7, 11) is 0. The number of carboxylic acids is 1. The summed E-state index contributed by atoms with van der Waals surface area (Å²) in [4.78, 5) is 21.4. The smallest absolute Gasteiger partial charge is 0.303 e. The van der Waals surface area contributed by atoms with Crippen molar-refractivity contribution in [2.24, 2.45) is 17.8 Å². The number of esters is 1. The van der Waals surface area contributed by atoms with Gasteiger partial charge in [0.1, 0.15) is 6.61 Å². The molecule has 6 heteroatoms. The average molecular weight is 316 g/mol. The highest BCUT2D eigenvalue weighted by molar-refractivity contribution is 5.66. The number of hydrogen-bond acceptors (Lipinski definition) is 5. The Kier molecular flexibility index (Phi) is 7.82.